The molecule has 0 bridgehead atoms. The minimum atomic E-state index is -0.756. The molecule has 0 aromatic carbocycles. The van der Waals surface area contributed by atoms with Crippen LogP contribution in [0.25, 0.3) is 22.3 Å². The second kappa shape index (κ2) is 10.0. The summed E-state index contributed by atoms with van der Waals surface area (Å²) in [7, 11) is 1.64. The smallest absolute Gasteiger partial charge is 0.277 e. The van der Waals surface area contributed by atoms with Crippen molar-refractivity contribution in [3.63, 3.8) is 0 Å². The second-order valence-electron chi connectivity index (χ2n) is 12.0. The van der Waals surface area contributed by atoms with Crippen molar-refractivity contribution in [1.82, 2.24) is 34.5 Å². The summed E-state index contributed by atoms with van der Waals surface area (Å²) in [6, 6.07) is 3.70. The van der Waals surface area contributed by atoms with Crippen molar-refractivity contribution >= 4 is 28.4 Å². The van der Waals surface area contributed by atoms with Crippen LogP contribution >= 0.6 is 0 Å². The fourth-order valence-electron chi connectivity index (χ4n) is 6.13. The number of nitrogens with zero attached hydrogens (tertiary/aromatic N) is 7. The van der Waals surface area contributed by atoms with E-state index in [1.54, 1.807) is 25.5 Å². The molecule has 12 heteroatoms. The van der Waals surface area contributed by atoms with E-state index in [1.807, 2.05) is 30.8 Å². The van der Waals surface area contributed by atoms with E-state index < -0.39 is 5.60 Å². The maximum atomic E-state index is 12.4. The molecule has 4 aromatic heterocycles. The first-order valence-electron chi connectivity index (χ1n) is 14.0. The van der Waals surface area contributed by atoms with Crippen molar-refractivity contribution in [3.8, 4) is 11.4 Å². The maximum absolute atomic E-state index is 12.4. The minimum Gasteiger partial charge on any atom is -0.396 e. The van der Waals surface area contributed by atoms with E-state index in [1.165, 1.54) is 4.68 Å². The van der Waals surface area contributed by atoms with Crippen molar-refractivity contribution in [2.24, 2.45) is 18.4 Å². The normalized spacial score (nSPS) is 19.1. The molecule has 1 saturated carbocycles. The van der Waals surface area contributed by atoms with Gasteiger partial charge in [0.25, 0.3) is 5.56 Å². The predicted octanol–water partition coefficient (Wildman–Crippen LogP) is 2.81. The number of aryl methyl sites for hydroxylation is 1. The number of pyridine rings is 1. The van der Waals surface area contributed by atoms with Crippen LogP contribution in [-0.4, -0.2) is 70.0 Å². The molecule has 1 aliphatic carbocycles. The maximum Gasteiger partial charge on any atom is 0.277 e. The molecule has 40 heavy (non-hydrogen) atoms. The van der Waals surface area contributed by atoms with Crippen LogP contribution in [0.5, 0.6) is 0 Å². The highest BCUT2D eigenvalue weighted by Gasteiger charge is 2.37. The first-order valence-corrected chi connectivity index (χ1v) is 14.0. The molecule has 2 aliphatic rings. The highest BCUT2D eigenvalue weighted by Crippen LogP contribution is 2.41. The van der Waals surface area contributed by atoms with Gasteiger partial charge in [-0.1, -0.05) is 12.8 Å². The number of rotatable bonds is 8. The van der Waals surface area contributed by atoms with Crippen molar-refractivity contribution in [3.05, 3.63) is 41.1 Å². The van der Waals surface area contributed by atoms with Gasteiger partial charge in [0.05, 0.1) is 23.1 Å². The Morgan fingerprint density at radius 3 is 2.70 bits per heavy atom. The van der Waals surface area contributed by atoms with Gasteiger partial charge in [-0.25, -0.2) is 15.0 Å². The highest BCUT2D eigenvalue weighted by molar-refractivity contribution is 5.92. The standard InChI is InChI=1S/C28H37N9O3/c1-27(2,40)18-7-11-36(15-18)25-19-13-30-23(12-21(19)37(34-25)16-28(17-38)8-4-5-9-28)32-22-6-10-29-24(33-22)20-14-31-35(3)26(20)39/h6,10,12-14,18,31,38,40H,4-5,7-9,11,15-17H2,1-3H3,(H,29,30,32,33)/t18-/m1/s1. The summed E-state index contributed by atoms with van der Waals surface area (Å²) >= 11 is 0. The van der Waals surface area contributed by atoms with E-state index in [-0.39, 0.29) is 23.5 Å². The number of hydrogen-bond acceptors (Lipinski definition) is 9. The molecule has 0 unspecified atom stereocenters. The number of nitrogens with one attached hydrogen (secondary N) is 2. The van der Waals surface area contributed by atoms with Crippen LogP contribution in [-0.2, 0) is 13.6 Å². The summed E-state index contributed by atoms with van der Waals surface area (Å²) in [5, 5.41) is 33.1. The fraction of sp³-hybridized carbons (Fsp3) is 0.536. The molecule has 0 radical (unpaired) electrons. The summed E-state index contributed by atoms with van der Waals surface area (Å²) in [5.74, 6) is 2.44. The van der Waals surface area contributed by atoms with Crippen molar-refractivity contribution in [1.29, 1.82) is 0 Å². The van der Waals surface area contributed by atoms with Gasteiger partial charge >= 0.3 is 0 Å². The molecule has 1 atom stereocenters. The first-order chi connectivity index (χ1) is 19.2. The third-order valence-electron chi connectivity index (χ3n) is 8.68. The number of aromatic nitrogens is 7. The summed E-state index contributed by atoms with van der Waals surface area (Å²) in [4.78, 5) is 28.1. The zero-order valence-electron chi connectivity index (χ0n) is 23.3. The van der Waals surface area contributed by atoms with Gasteiger partial charge < -0.3 is 25.5 Å². The lowest BCUT2D eigenvalue weighted by Crippen LogP contribution is -2.33. The number of fused-ring (bicyclic) bond motifs is 1. The lowest BCUT2D eigenvalue weighted by molar-refractivity contribution is 0.0263. The topological polar surface area (TPSA) is 150 Å². The molecule has 6 rings (SSSR count). The molecule has 0 spiro atoms. The van der Waals surface area contributed by atoms with E-state index in [2.05, 4.69) is 30.3 Å². The second-order valence-corrected chi connectivity index (χ2v) is 12.0. The Hall–Kier alpha value is -3.77. The fourth-order valence-corrected chi connectivity index (χ4v) is 6.13. The molecular formula is C28H37N9O3. The average Bonchev–Trinajstić information content (AvgIpc) is 3.72. The van der Waals surface area contributed by atoms with Crippen LogP contribution in [0.15, 0.2) is 35.5 Å². The SMILES string of the molecule is Cn1[nH]cc(-c2nccc(Nc3cc4c(cn3)c(N3CC[C@@H](C(C)(C)O)C3)nn4CC3(CO)CCCC3)n2)c1=O. The molecular weight excluding hydrogens is 510 g/mol. The van der Waals surface area contributed by atoms with Gasteiger partial charge in [-0.05, 0) is 39.2 Å². The van der Waals surface area contributed by atoms with Gasteiger partial charge in [-0.2, -0.15) is 5.10 Å². The first kappa shape index (κ1) is 26.5. The molecule has 212 valence electrons. The summed E-state index contributed by atoms with van der Waals surface area (Å²) in [6.07, 6.45) is 10.1. The van der Waals surface area contributed by atoms with Gasteiger partial charge in [-0.15, -0.1) is 0 Å². The Kier molecular flexibility index (Phi) is 6.62. The van der Waals surface area contributed by atoms with Crippen LogP contribution in [0.3, 0.4) is 0 Å². The molecule has 2 fully saturated rings. The van der Waals surface area contributed by atoms with Gasteiger partial charge in [0.1, 0.15) is 17.2 Å². The van der Waals surface area contributed by atoms with E-state index >= 15 is 0 Å². The molecule has 4 aromatic rings. The van der Waals surface area contributed by atoms with Gasteiger partial charge in [0, 0.05) is 62.7 Å². The largest absolute Gasteiger partial charge is 0.396 e. The molecule has 4 N–H and O–H groups in total. The average molecular weight is 548 g/mol. The summed E-state index contributed by atoms with van der Waals surface area (Å²) in [6.45, 7) is 6.04. The third-order valence-corrected chi connectivity index (χ3v) is 8.68. The van der Waals surface area contributed by atoms with Crippen molar-refractivity contribution < 1.29 is 10.2 Å². The van der Waals surface area contributed by atoms with Crippen LogP contribution in [0, 0.1) is 11.3 Å². The Labute approximate surface area is 232 Å². The number of H-pyrrole nitrogens is 1. The van der Waals surface area contributed by atoms with E-state index in [9.17, 15) is 15.0 Å². The van der Waals surface area contributed by atoms with Gasteiger partial charge in [0.2, 0.25) is 0 Å². The summed E-state index contributed by atoms with van der Waals surface area (Å²) < 4.78 is 3.39. The predicted molar refractivity (Wildman–Crippen MR) is 152 cm³/mol. The number of hydrogen-bond donors (Lipinski definition) is 4. The zero-order chi connectivity index (χ0) is 28.1. The van der Waals surface area contributed by atoms with Crippen molar-refractivity contribution in [2.45, 2.75) is 58.1 Å². The Balaban J connectivity index is 1.35. The number of aliphatic hydroxyl groups is 2. The zero-order valence-corrected chi connectivity index (χ0v) is 23.3. The lowest BCUT2D eigenvalue weighted by Gasteiger charge is -2.26. The molecule has 1 aliphatic heterocycles. The number of aromatic amines is 1. The molecule has 5 heterocycles. The number of anilines is 3. The third kappa shape index (κ3) is 4.86. The monoisotopic (exact) mass is 547 g/mol. The van der Waals surface area contributed by atoms with E-state index in [0.717, 1.165) is 61.9 Å². The Morgan fingerprint density at radius 2 is 2.02 bits per heavy atom. The van der Waals surface area contributed by atoms with Crippen LogP contribution in [0.4, 0.5) is 17.5 Å². The van der Waals surface area contributed by atoms with Crippen LogP contribution in [0.1, 0.15) is 46.0 Å². The Bertz CT molecular complexity index is 1580. The summed E-state index contributed by atoms with van der Waals surface area (Å²) in [5.41, 5.74) is 0.171. The molecule has 12 nitrogen and oxygen atoms in total. The highest BCUT2D eigenvalue weighted by atomic mass is 16.3. The lowest BCUT2D eigenvalue weighted by atomic mass is 9.87. The van der Waals surface area contributed by atoms with Crippen LogP contribution in [0.2, 0.25) is 0 Å². The van der Waals surface area contributed by atoms with E-state index in [4.69, 9.17) is 5.10 Å². The quantitative estimate of drug-likeness (QED) is 0.261. The molecule has 1 saturated heterocycles. The molecule has 0 amide bonds. The minimum absolute atomic E-state index is 0.132. The number of aliphatic hydroxyl groups excluding tert-OH is 1. The van der Waals surface area contributed by atoms with Gasteiger partial charge in [0.15, 0.2) is 11.6 Å². The van der Waals surface area contributed by atoms with Crippen LogP contribution < -0.4 is 15.8 Å². The Morgan fingerprint density at radius 1 is 1.23 bits per heavy atom. The van der Waals surface area contributed by atoms with E-state index in [0.29, 0.717) is 29.6 Å². The van der Waals surface area contributed by atoms with Crippen molar-refractivity contribution in [2.75, 3.05) is 29.9 Å². The van der Waals surface area contributed by atoms with Gasteiger partial charge in [-0.3, -0.25) is 14.2 Å².